The Bertz CT molecular complexity index is 1160. The number of halogens is 3. The lowest BCUT2D eigenvalue weighted by Crippen LogP contribution is -1.99. The number of hydrogen-bond donors (Lipinski definition) is 1. The zero-order valence-corrected chi connectivity index (χ0v) is 15.1. The van der Waals surface area contributed by atoms with E-state index >= 15 is 0 Å². The van der Waals surface area contributed by atoms with E-state index in [1.165, 1.54) is 54.3 Å². The number of aromatic nitrogens is 5. The molecule has 4 rings (SSSR count). The van der Waals surface area contributed by atoms with Gasteiger partial charge >= 0.3 is 0 Å². The van der Waals surface area contributed by atoms with Gasteiger partial charge in [-0.25, -0.2) is 33.1 Å². The van der Waals surface area contributed by atoms with E-state index in [-0.39, 0.29) is 17.1 Å². The highest BCUT2D eigenvalue weighted by Crippen LogP contribution is 2.25. The molecule has 0 saturated carbocycles. The molecule has 0 atom stereocenters. The first-order chi connectivity index (χ1) is 14.1. The second kappa shape index (κ2) is 8.57. The number of imidazole rings is 1. The van der Waals surface area contributed by atoms with Gasteiger partial charge in [0.15, 0.2) is 11.5 Å². The molecule has 4 aromatic rings. The molecular weight excluding hydrogens is 385 g/mol. The van der Waals surface area contributed by atoms with Crippen LogP contribution in [0.5, 0.6) is 0 Å². The van der Waals surface area contributed by atoms with Gasteiger partial charge in [-0.05, 0) is 31.3 Å². The van der Waals surface area contributed by atoms with Crippen LogP contribution in [0.15, 0.2) is 49.1 Å². The van der Waals surface area contributed by atoms with Crippen molar-refractivity contribution in [2.24, 2.45) is 5.73 Å². The third-order valence-corrected chi connectivity index (χ3v) is 3.93. The van der Waals surface area contributed by atoms with E-state index < -0.39 is 17.9 Å². The molecule has 3 heterocycles. The largest absolute Gasteiger partial charge is 0.333 e. The van der Waals surface area contributed by atoms with Gasteiger partial charge < -0.3 is 5.73 Å². The highest BCUT2D eigenvalue weighted by Gasteiger charge is 2.15. The predicted molar refractivity (Wildman–Crippen MR) is 99.9 cm³/mol. The summed E-state index contributed by atoms with van der Waals surface area (Å²) in [5.74, 6) is -0.380. The lowest BCUT2D eigenvalue weighted by molar-refractivity contribution is 0.112. The zero-order chi connectivity index (χ0) is 21.0. The number of carbonyl (C=O) groups is 1. The Morgan fingerprint density at radius 3 is 2.62 bits per heavy atom. The zero-order valence-electron chi connectivity index (χ0n) is 15.1. The second-order valence-corrected chi connectivity index (χ2v) is 5.61. The molecule has 1 aromatic carbocycles. The summed E-state index contributed by atoms with van der Waals surface area (Å²) in [5, 5.41) is 0. The number of rotatable bonds is 4. The molecule has 0 amide bonds. The van der Waals surface area contributed by atoms with Gasteiger partial charge in [-0.15, -0.1) is 0 Å². The molecule has 0 aliphatic rings. The van der Waals surface area contributed by atoms with Crippen molar-refractivity contribution < 1.29 is 18.0 Å². The van der Waals surface area contributed by atoms with Crippen molar-refractivity contribution in [2.75, 3.05) is 7.05 Å². The summed E-state index contributed by atoms with van der Waals surface area (Å²) in [6.07, 6.45) is 3.09. The van der Waals surface area contributed by atoms with Crippen LogP contribution in [-0.4, -0.2) is 37.7 Å². The summed E-state index contributed by atoms with van der Waals surface area (Å²) in [4.78, 5) is 27.1. The molecule has 3 aromatic heterocycles. The Labute approximate surface area is 163 Å². The third-order valence-electron chi connectivity index (χ3n) is 3.93. The van der Waals surface area contributed by atoms with Crippen molar-refractivity contribution >= 4 is 11.9 Å². The normalized spacial score (nSPS) is 10.7. The standard InChI is InChI=1S/C18H10F3N5O.CH5N/c19-12-2-1-10(9-27)5-11(12)13-3-4-22-18(25-13)15-6-24-16-7-23-14(17(20)21)8-26(15)16;1-2/h1-9,17H;2H2,1H3. The quantitative estimate of drug-likeness (QED) is 0.528. The molecule has 0 saturated heterocycles. The average Bonchev–Trinajstić information content (AvgIpc) is 3.19. The van der Waals surface area contributed by atoms with Crippen molar-refractivity contribution in [1.29, 1.82) is 0 Å². The van der Waals surface area contributed by atoms with E-state index in [9.17, 15) is 18.0 Å². The minimum absolute atomic E-state index is 0.131. The average molecular weight is 400 g/mol. The minimum atomic E-state index is -2.74. The molecule has 0 unspecified atom stereocenters. The van der Waals surface area contributed by atoms with Crippen LogP contribution < -0.4 is 5.73 Å². The summed E-state index contributed by atoms with van der Waals surface area (Å²) in [6, 6.07) is 5.40. The van der Waals surface area contributed by atoms with Gasteiger partial charge in [0.05, 0.1) is 18.1 Å². The number of nitrogens with two attached hydrogens (primary N) is 1. The maximum Gasteiger partial charge on any atom is 0.281 e. The molecule has 0 fully saturated rings. The summed E-state index contributed by atoms with van der Waals surface area (Å²) in [7, 11) is 1.50. The van der Waals surface area contributed by atoms with E-state index in [1.54, 1.807) is 0 Å². The van der Waals surface area contributed by atoms with E-state index in [1.807, 2.05) is 0 Å². The van der Waals surface area contributed by atoms with E-state index in [2.05, 4.69) is 25.7 Å². The molecule has 2 N–H and O–H groups in total. The fourth-order valence-electron chi connectivity index (χ4n) is 2.63. The molecular formula is C19H15F3N6O. The molecule has 0 aliphatic heterocycles. The topological polar surface area (TPSA) is 99.1 Å². The summed E-state index contributed by atoms with van der Waals surface area (Å²) >= 11 is 0. The van der Waals surface area contributed by atoms with Crippen LogP contribution in [0.2, 0.25) is 0 Å². The molecule has 0 bridgehead atoms. The van der Waals surface area contributed by atoms with Gasteiger partial charge in [0.2, 0.25) is 0 Å². The molecule has 0 radical (unpaired) electrons. The third kappa shape index (κ3) is 3.97. The fraction of sp³-hybridized carbons (Fsp3) is 0.105. The predicted octanol–water partition coefficient (Wildman–Crippen LogP) is 3.32. The van der Waals surface area contributed by atoms with E-state index in [4.69, 9.17) is 0 Å². The van der Waals surface area contributed by atoms with E-state index in [0.29, 0.717) is 23.2 Å². The Balaban J connectivity index is 0.00000117. The van der Waals surface area contributed by atoms with Crippen molar-refractivity contribution in [3.8, 4) is 22.8 Å². The van der Waals surface area contributed by atoms with Crippen LogP contribution in [-0.2, 0) is 0 Å². The van der Waals surface area contributed by atoms with Gasteiger partial charge in [0.25, 0.3) is 6.43 Å². The lowest BCUT2D eigenvalue weighted by atomic mass is 10.1. The summed E-state index contributed by atoms with van der Waals surface area (Å²) in [6.45, 7) is 0. The first kappa shape index (κ1) is 20.1. The molecule has 0 spiro atoms. The van der Waals surface area contributed by atoms with Gasteiger partial charge in [0.1, 0.15) is 23.5 Å². The van der Waals surface area contributed by atoms with Crippen molar-refractivity contribution in [1.82, 2.24) is 24.3 Å². The minimum Gasteiger partial charge on any atom is -0.333 e. The molecule has 7 nitrogen and oxygen atoms in total. The number of fused-ring (bicyclic) bond motifs is 1. The highest BCUT2D eigenvalue weighted by atomic mass is 19.3. The van der Waals surface area contributed by atoms with Gasteiger partial charge in [0, 0.05) is 23.5 Å². The van der Waals surface area contributed by atoms with Crippen LogP contribution in [0.4, 0.5) is 13.2 Å². The lowest BCUT2D eigenvalue weighted by Gasteiger charge is -2.06. The summed E-state index contributed by atoms with van der Waals surface area (Å²) in [5.41, 5.74) is 5.46. The Morgan fingerprint density at radius 1 is 1.10 bits per heavy atom. The maximum atomic E-state index is 14.2. The van der Waals surface area contributed by atoms with Crippen LogP contribution in [0, 0.1) is 5.82 Å². The number of nitrogens with zero attached hydrogens (tertiary/aromatic N) is 5. The SMILES string of the molecule is CN.O=Cc1ccc(F)c(-c2ccnc(-c3cnc4cnc(C(F)F)cn34)n2)c1. The monoisotopic (exact) mass is 400 g/mol. The van der Waals surface area contributed by atoms with Gasteiger partial charge in [-0.1, -0.05) is 0 Å². The molecule has 0 aliphatic carbocycles. The first-order valence-corrected chi connectivity index (χ1v) is 8.34. The Hall–Kier alpha value is -3.66. The van der Waals surface area contributed by atoms with Crippen LogP contribution in [0.3, 0.4) is 0 Å². The van der Waals surface area contributed by atoms with Crippen LogP contribution >= 0.6 is 0 Å². The van der Waals surface area contributed by atoms with Crippen LogP contribution in [0.1, 0.15) is 22.5 Å². The number of carbonyl (C=O) groups excluding carboxylic acids is 1. The molecule has 29 heavy (non-hydrogen) atoms. The molecule has 148 valence electrons. The number of alkyl halides is 2. The van der Waals surface area contributed by atoms with Crippen LogP contribution in [0.25, 0.3) is 28.4 Å². The smallest absolute Gasteiger partial charge is 0.281 e. The van der Waals surface area contributed by atoms with E-state index in [0.717, 1.165) is 6.20 Å². The first-order valence-electron chi connectivity index (χ1n) is 8.34. The number of aldehydes is 1. The van der Waals surface area contributed by atoms with Gasteiger partial charge in [-0.3, -0.25) is 9.20 Å². The molecule has 10 heteroatoms. The summed E-state index contributed by atoms with van der Waals surface area (Å²) < 4.78 is 41.4. The Morgan fingerprint density at radius 2 is 1.90 bits per heavy atom. The van der Waals surface area contributed by atoms with Crippen molar-refractivity contribution in [3.63, 3.8) is 0 Å². The van der Waals surface area contributed by atoms with Crippen molar-refractivity contribution in [3.05, 3.63) is 66.1 Å². The maximum absolute atomic E-state index is 14.2. The number of hydrogen-bond acceptors (Lipinski definition) is 6. The van der Waals surface area contributed by atoms with Gasteiger partial charge in [-0.2, -0.15) is 0 Å². The Kier molecular flexibility index (Phi) is 5.93. The second-order valence-electron chi connectivity index (χ2n) is 5.61. The number of benzene rings is 1. The highest BCUT2D eigenvalue weighted by molar-refractivity contribution is 5.78. The van der Waals surface area contributed by atoms with Crippen molar-refractivity contribution in [2.45, 2.75) is 6.43 Å². The fourth-order valence-corrected chi connectivity index (χ4v) is 2.63.